The van der Waals surface area contributed by atoms with E-state index in [0.29, 0.717) is 61.6 Å². The molecule has 1 N–H and O–H groups in total. The number of hydrogen-bond donors (Lipinski definition) is 1. The molecule has 5 rings (SSSR count). The molecule has 9 heteroatoms. The smallest absolute Gasteiger partial charge is 0.378 e. The highest BCUT2D eigenvalue weighted by atomic mass is 19.4. The maximum absolute atomic E-state index is 13.3. The molecule has 190 valence electrons. The molecule has 5 aliphatic rings. The van der Waals surface area contributed by atoms with Crippen LogP contribution in [0.3, 0.4) is 0 Å². The zero-order chi connectivity index (χ0) is 23.9. The van der Waals surface area contributed by atoms with E-state index in [2.05, 4.69) is 6.92 Å². The molecule has 4 aliphatic carbocycles. The third-order valence-corrected chi connectivity index (χ3v) is 10.2. The molecule has 11 unspecified atom stereocenters. The summed E-state index contributed by atoms with van der Waals surface area (Å²) in [4.78, 5) is 0. The molecule has 0 spiro atoms. The van der Waals surface area contributed by atoms with Crippen molar-refractivity contribution in [2.45, 2.75) is 70.0 Å². The van der Waals surface area contributed by atoms with E-state index in [9.17, 15) is 31.4 Å². The normalized spacial score (nSPS) is 47.0. The van der Waals surface area contributed by atoms with Gasteiger partial charge in [0.05, 0.1) is 13.2 Å². The monoisotopic (exact) mass is 484 g/mol. The number of epoxide rings is 1. The predicted molar refractivity (Wildman–Crippen MR) is 107 cm³/mol. The van der Waals surface area contributed by atoms with Crippen LogP contribution in [0, 0.1) is 59.2 Å². The van der Waals surface area contributed by atoms with Gasteiger partial charge in [0.25, 0.3) is 5.60 Å². The Hall–Kier alpha value is -0.540. The molecule has 3 nitrogen and oxygen atoms in total. The van der Waals surface area contributed by atoms with Crippen LogP contribution in [0.2, 0.25) is 0 Å². The van der Waals surface area contributed by atoms with Crippen LogP contribution in [0.4, 0.5) is 26.3 Å². The molecule has 0 aromatic rings. The summed E-state index contributed by atoms with van der Waals surface area (Å²) >= 11 is 0. The highest BCUT2D eigenvalue weighted by molar-refractivity contribution is 5.10. The Morgan fingerprint density at radius 2 is 1.39 bits per heavy atom. The summed E-state index contributed by atoms with van der Waals surface area (Å²) in [6.45, 7) is 6.41. The first kappa shape index (κ1) is 24.2. The SMILES string of the molecule is CC1C2CC(CC2CC(O)(C(F)(F)F)C(F)(F)F)C1C1C(C)C2CC(COCC3CO3)C1C2. The van der Waals surface area contributed by atoms with E-state index in [0.717, 1.165) is 19.4 Å². The lowest BCUT2D eigenvalue weighted by atomic mass is 9.60. The summed E-state index contributed by atoms with van der Waals surface area (Å²) < 4.78 is 90.8. The van der Waals surface area contributed by atoms with Crippen LogP contribution in [-0.2, 0) is 9.47 Å². The van der Waals surface area contributed by atoms with Gasteiger partial charge in [0, 0.05) is 6.61 Å². The van der Waals surface area contributed by atoms with Crippen LogP contribution < -0.4 is 0 Å². The lowest BCUT2D eigenvalue weighted by Crippen LogP contribution is -2.58. The van der Waals surface area contributed by atoms with E-state index < -0.39 is 30.3 Å². The topological polar surface area (TPSA) is 42.0 Å². The quantitative estimate of drug-likeness (QED) is 0.385. The highest BCUT2D eigenvalue weighted by Gasteiger charge is 2.72. The zero-order valence-electron chi connectivity index (χ0n) is 19.0. The van der Waals surface area contributed by atoms with Crippen molar-refractivity contribution in [3.05, 3.63) is 0 Å². The van der Waals surface area contributed by atoms with Crippen LogP contribution in [-0.4, -0.2) is 49.0 Å². The predicted octanol–water partition coefficient (Wildman–Crippen LogP) is 5.46. The number of fused-ring (bicyclic) bond motifs is 4. The lowest BCUT2D eigenvalue weighted by Gasteiger charge is -2.46. The molecule has 1 aliphatic heterocycles. The van der Waals surface area contributed by atoms with E-state index in [4.69, 9.17) is 9.47 Å². The average molecular weight is 485 g/mol. The van der Waals surface area contributed by atoms with Gasteiger partial charge in [-0.15, -0.1) is 0 Å². The maximum Gasteiger partial charge on any atom is 0.426 e. The summed E-state index contributed by atoms with van der Waals surface area (Å²) in [5.74, 6) is 2.27. The van der Waals surface area contributed by atoms with Crippen LogP contribution >= 0.6 is 0 Å². The summed E-state index contributed by atoms with van der Waals surface area (Å²) in [5, 5.41) is 9.75. The second kappa shape index (κ2) is 7.99. The first-order chi connectivity index (χ1) is 15.3. The Balaban J connectivity index is 1.26. The molecule has 33 heavy (non-hydrogen) atoms. The molecule has 5 fully saturated rings. The Kier molecular flexibility index (Phi) is 5.85. The fraction of sp³-hybridized carbons (Fsp3) is 1.00. The van der Waals surface area contributed by atoms with Crippen molar-refractivity contribution in [2.24, 2.45) is 59.2 Å². The third kappa shape index (κ3) is 3.92. The number of ether oxygens (including phenoxy) is 2. The molecular formula is C24H34F6O3. The minimum absolute atomic E-state index is 0.0766. The third-order valence-electron chi connectivity index (χ3n) is 10.2. The van der Waals surface area contributed by atoms with E-state index in [-0.39, 0.29) is 23.9 Å². The molecule has 4 bridgehead atoms. The van der Waals surface area contributed by atoms with Crippen molar-refractivity contribution in [3.63, 3.8) is 0 Å². The minimum Gasteiger partial charge on any atom is -0.378 e. The average Bonchev–Trinajstić information content (AvgIpc) is 3.01. The van der Waals surface area contributed by atoms with Crippen molar-refractivity contribution in [1.29, 1.82) is 0 Å². The van der Waals surface area contributed by atoms with Gasteiger partial charge in [0.1, 0.15) is 6.10 Å². The Morgan fingerprint density at radius 1 is 0.788 bits per heavy atom. The zero-order valence-corrected chi connectivity index (χ0v) is 19.0. The Labute approximate surface area is 190 Å². The van der Waals surface area contributed by atoms with Gasteiger partial charge in [-0.1, -0.05) is 13.8 Å². The number of alkyl halides is 6. The Morgan fingerprint density at radius 3 is 1.94 bits per heavy atom. The van der Waals surface area contributed by atoms with Gasteiger partial charge >= 0.3 is 12.4 Å². The van der Waals surface area contributed by atoms with E-state index in [1.807, 2.05) is 6.92 Å². The highest BCUT2D eigenvalue weighted by Crippen LogP contribution is 2.67. The maximum atomic E-state index is 13.3. The fourth-order valence-corrected chi connectivity index (χ4v) is 8.70. The second-order valence-corrected chi connectivity index (χ2v) is 11.7. The van der Waals surface area contributed by atoms with Crippen molar-refractivity contribution >= 4 is 0 Å². The van der Waals surface area contributed by atoms with E-state index in [1.165, 1.54) is 0 Å². The molecule has 1 heterocycles. The summed E-state index contributed by atoms with van der Waals surface area (Å²) in [7, 11) is 0. The summed E-state index contributed by atoms with van der Waals surface area (Å²) in [6, 6.07) is 0. The van der Waals surface area contributed by atoms with Gasteiger partial charge < -0.3 is 14.6 Å². The van der Waals surface area contributed by atoms with Crippen LogP contribution in [0.5, 0.6) is 0 Å². The summed E-state index contributed by atoms with van der Waals surface area (Å²) in [5.41, 5.74) is -4.63. The molecule has 4 saturated carbocycles. The van der Waals surface area contributed by atoms with Crippen molar-refractivity contribution < 1.29 is 40.9 Å². The fourth-order valence-electron chi connectivity index (χ4n) is 8.70. The molecular weight excluding hydrogens is 450 g/mol. The van der Waals surface area contributed by atoms with E-state index in [1.54, 1.807) is 0 Å². The van der Waals surface area contributed by atoms with Gasteiger partial charge in [-0.05, 0) is 91.3 Å². The van der Waals surface area contributed by atoms with Crippen molar-refractivity contribution in [2.75, 3.05) is 19.8 Å². The van der Waals surface area contributed by atoms with Crippen molar-refractivity contribution in [3.8, 4) is 0 Å². The molecule has 0 radical (unpaired) electrons. The standard InChI is InChI=1S/C24H34F6O3/c1-11-13-3-16(8-32-9-17-10-33-17)19(5-13)21(11)20-12(2)18-6-14(20)4-15(18)7-22(31,23(25,26)27)24(28,29)30/h11-21,31H,3-10H2,1-2H3. The second-order valence-electron chi connectivity index (χ2n) is 11.7. The largest absolute Gasteiger partial charge is 0.426 e. The number of hydrogen-bond acceptors (Lipinski definition) is 3. The first-order valence-electron chi connectivity index (χ1n) is 12.4. The molecule has 1 saturated heterocycles. The van der Waals surface area contributed by atoms with Gasteiger partial charge in [0.15, 0.2) is 0 Å². The summed E-state index contributed by atoms with van der Waals surface area (Å²) in [6.07, 6.45) is -9.15. The van der Waals surface area contributed by atoms with Crippen molar-refractivity contribution in [1.82, 2.24) is 0 Å². The molecule has 0 aromatic carbocycles. The number of rotatable bonds is 7. The van der Waals surface area contributed by atoms with Crippen LogP contribution in [0.25, 0.3) is 0 Å². The number of halogens is 6. The molecule has 0 amide bonds. The Bertz CT molecular complexity index is 719. The number of aliphatic hydroxyl groups is 1. The minimum atomic E-state index is -5.73. The molecule has 11 atom stereocenters. The van der Waals surface area contributed by atoms with E-state index >= 15 is 0 Å². The van der Waals surface area contributed by atoms with Gasteiger partial charge in [-0.2, -0.15) is 26.3 Å². The van der Waals surface area contributed by atoms with Crippen LogP contribution in [0.1, 0.15) is 46.0 Å². The lowest BCUT2D eigenvalue weighted by molar-refractivity contribution is -0.373. The van der Waals surface area contributed by atoms with Gasteiger partial charge in [-0.25, -0.2) is 0 Å². The van der Waals surface area contributed by atoms with Crippen LogP contribution in [0.15, 0.2) is 0 Å². The molecule has 0 aromatic heterocycles. The first-order valence-corrected chi connectivity index (χ1v) is 12.4. The van der Waals surface area contributed by atoms with Gasteiger partial charge in [-0.3, -0.25) is 0 Å². The van der Waals surface area contributed by atoms with Gasteiger partial charge in [0.2, 0.25) is 0 Å².